The second-order valence-corrected chi connectivity index (χ2v) is 3.79. The predicted octanol–water partition coefficient (Wildman–Crippen LogP) is 1.67. The van der Waals surface area contributed by atoms with Gasteiger partial charge in [-0.3, -0.25) is 4.90 Å². The van der Waals surface area contributed by atoms with Gasteiger partial charge in [0.25, 0.3) is 0 Å². The Kier molecular flexibility index (Phi) is 6.29. The maximum absolute atomic E-state index is 9.01. The fourth-order valence-electron chi connectivity index (χ4n) is 1.16. The van der Waals surface area contributed by atoms with Crippen LogP contribution in [-0.2, 0) is 4.74 Å². The van der Waals surface area contributed by atoms with Crippen LogP contribution in [0, 0.1) is 5.92 Å². The van der Waals surface area contributed by atoms with Crippen molar-refractivity contribution in [1.82, 2.24) is 4.90 Å². The van der Waals surface area contributed by atoms with Crippen molar-refractivity contribution in [3.8, 4) is 0 Å². The quantitative estimate of drug-likeness (QED) is 0.645. The van der Waals surface area contributed by atoms with E-state index in [0.717, 1.165) is 6.54 Å². The van der Waals surface area contributed by atoms with Gasteiger partial charge >= 0.3 is 0 Å². The fraction of sp³-hybridized carbons (Fsp3) is 1.00. The molecule has 0 aromatic rings. The summed E-state index contributed by atoms with van der Waals surface area (Å²) in [6.45, 7) is 8.98. The van der Waals surface area contributed by atoms with Gasteiger partial charge < -0.3 is 9.84 Å². The molecule has 3 unspecified atom stereocenters. The summed E-state index contributed by atoms with van der Waals surface area (Å²) < 4.78 is 5.24. The van der Waals surface area contributed by atoms with Gasteiger partial charge in [0.1, 0.15) is 6.23 Å². The lowest BCUT2D eigenvalue weighted by Gasteiger charge is -2.28. The highest BCUT2D eigenvalue weighted by Gasteiger charge is 2.13. The van der Waals surface area contributed by atoms with Crippen LogP contribution in [0.15, 0.2) is 0 Å². The molecule has 3 heteroatoms. The molecule has 13 heavy (non-hydrogen) atoms. The molecule has 0 aromatic heterocycles. The Morgan fingerprint density at radius 3 is 2.23 bits per heavy atom. The van der Waals surface area contributed by atoms with Crippen LogP contribution in [0.3, 0.4) is 0 Å². The minimum absolute atomic E-state index is 0.0194. The summed E-state index contributed by atoms with van der Waals surface area (Å²) in [5.74, 6) is 0.671. The van der Waals surface area contributed by atoms with Crippen LogP contribution < -0.4 is 0 Å². The molecule has 80 valence electrons. The van der Waals surface area contributed by atoms with Crippen LogP contribution in [-0.4, -0.2) is 36.1 Å². The number of nitrogens with zero attached hydrogens (tertiary/aromatic N) is 1. The second-order valence-electron chi connectivity index (χ2n) is 3.79. The highest BCUT2D eigenvalue weighted by molar-refractivity contribution is 4.58. The van der Waals surface area contributed by atoms with E-state index in [2.05, 4.69) is 18.7 Å². The molecule has 0 saturated heterocycles. The summed E-state index contributed by atoms with van der Waals surface area (Å²) in [6, 6.07) is 0. The molecule has 0 amide bonds. The molecular weight excluding hydrogens is 166 g/mol. The number of hydrogen-bond donors (Lipinski definition) is 1. The Hall–Kier alpha value is -0.120. The molecule has 1 N–H and O–H groups in total. The van der Waals surface area contributed by atoms with Crippen molar-refractivity contribution < 1.29 is 9.84 Å². The molecule has 0 radical (unpaired) electrons. The van der Waals surface area contributed by atoms with Crippen LogP contribution in [0.25, 0.3) is 0 Å². The summed E-state index contributed by atoms with van der Waals surface area (Å²) in [7, 11) is 2.01. The van der Waals surface area contributed by atoms with E-state index in [4.69, 9.17) is 9.84 Å². The predicted molar refractivity (Wildman–Crippen MR) is 54.3 cm³/mol. The minimum Gasteiger partial charge on any atom is -0.368 e. The van der Waals surface area contributed by atoms with Gasteiger partial charge in [-0.05, 0) is 26.8 Å². The Balaban J connectivity index is 3.74. The highest BCUT2D eigenvalue weighted by atomic mass is 16.6. The van der Waals surface area contributed by atoms with Crippen LogP contribution >= 0.6 is 0 Å². The van der Waals surface area contributed by atoms with Crippen molar-refractivity contribution in [2.75, 3.05) is 13.6 Å². The number of aliphatic hydroxyl groups excluding tert-OH is 1. The maximum atomic E-state index is 9.01. The van der Waals surface area contributed by atoms with Crippen molar-refractivity contribution >= 4 is 0 Å². The molecule has 0 fully saturated rings. The van der Waals surface area contributed by atoms with Gasteiger partial charge in [-0.2, -0.15) is 0 Å². The largest absolute Gasteiger partial charge is 0.368 e. The lowest BCUT2D eigenvalue weighted by molar-refractivity contribution is -0.162. The standard InChI is InChI=1S/C10H23NO2/c1-6-8(2)7-11(5)9(3)13-10(4)12/h8-10,12H,6-7H2,1-5H3. The molecule has 0 spiro atoms. The first kappa shape index (κ1) is 12.9. The van der Waals surface area contributed by atoms with Gasteiger partial charge in [-0.25, -0.2) is 0 Å². The Labute approximate surface area is 81.7 Å². The van der Waals surface area contributed by atoms with Crippen LogP contribution in [0.1, 0.15) is 34.1 Å². The van der Waals surface area contributed by atoms with E-state index >= 15 is 0 Å². The van der Waals surface area contributed by atoms with E-state index in [1.165, 1.54) is 6.42 Å². The third kappa shape index (κ3) is 6.02. The number of aliphatic hydroxyl groups is 1. The Morgan fingerprint density at radius 1 is 1.31 bits per heavy atom. The van der Waals surface area contributed by atoms with Crippen molar-refractivity contribution in [2.24, 2.45) is 5.92 Å². The van der Waals surface area contributed by atoms with Gasteiger partial charge in [0.05, 0.1) is 0 Å². The van der Waals surface area contributed by atoms with E-state index in [-0.39, 0.29) is 6.23 Å². The lowest BCUT2D eigenvalue weighted by atomic mass is 10.1. The summed E-state index contributed by atoms with van der Waals surface area (Å²) in [6.07, 6.45) is 0.467. The third-order valence-electron chi connectivity index (χ3n) is 2.31. The van der Waals surface area contributed by atoms with Gasteiger partial charge in [0.2, 0.25) is 0 Å². The van der Waals surface area contributed by atoms with Gasteiger partial charge in [-0.1, -0.05) is 20.3 Å². The molecule has 3 nitrogen and oxygen atoms in total. The molecule has 0 aliphatic rings. The Bertz CT molecular complexity index is 128. The molecule has 3 atom stereocenters. The van der Waals surface area contributed by atoms with Crippen molar-refractivity contribution in [2.45, 2.75) is 46.6 Å². The molecule has 0 aliphatic heterocycles. The van der Waals surface area contributed by atoms with Crippen LogP contribution in [0.4, 0.5) is 0 Å². The average Bonchev–Trinajstić information content (AvgIpc) is 2.02. The first-order valence-corrected chi connectivity index (χ1v) is 5.01. The van der Waals surface area contributed by atoms with Crippen molar-refractivity contribution in [3.63, 3.8) is 0 Å². The van der Waals surface area contributed by atoms with E-state index in [0.29, 0.717) is 5.92 Å². The summed E-state index contributed by atoms with van der Waals surface area (Å²) in [4.78, 5) is 2.11. The normalized spacial score (nSPS) is 18.7. The van der Waals surface area contributed by atoms with Crippen LogP contribution in [0.2, 0.25) is 0 Å². The summed E-state index contributed by atoms with van der Waals surface area (Å²) in [5, 5.41) is 9.01. The zero-order valence-corrected chi connectivity index (χ0v) is 9.45. The number of ether oxygens (including phenoxy) is 1. The van der Waals surface area contributed by atoms with E-state index in [1.54, 1.807) is 6.92 Å². The first-order chi connectivity index (χ1) is 5.97. The molecule has 0 rings (SSSR count). The minimum atomic E-state index is -0.686. The van der Waals surface area contributed by atoms with Crippen molar-refractivity contribution in [3.05, 3.63) is 0 Å². The molecular formula is C10H23NO2. The third-order valence-corrected chi connectivity index (χ3v) is 2.31. The van der Waals surface area contributed by atoms with Crippen LogP contribution in [0.5, 0.6) is 0 Å². The smallest absolute Gasteiger partial charge is 0.153 e. The zero-order chi connectivity index (χ0) is 10.4. The topological polar surface area (TPSA) is 32.7 Å². The molecule has 0 bridgehead atoms. The Morgan fingerprint density at radius 2 is 1.85 bits per heavy atom. The molecule has 0 aromatic carbocycles. The lowest BCUT2D eigenvalue weighted by Crippen LogP contribution is -2.36. The summed E-state index contributed by atoms with van der Waals surface area (Å²) in [5.41, 5.74) is 0. The monoisotopic (exact) mass is 189 g/mol. The van der Waals surface area contributed by atoms with Gasteiger partial charge in [0, 0.05) is 6.54 Å². The highest BCUT2D eigenvalue weighted by Crippen LogP contribution is 2.07. The molecule has 0 heterocycles. The van der Waals surface area contributed by atoms with Gasteiger partial charge in [-0.15, -0.1) is 0 Å². The SMILES string of the molecule is CCC(C)CN(C)C(C)OC(C)O. The molecule has 0 aliphatic carbocycles. The van der Waals surface area contributed by atoms with E-state index in [1.807, 2.05) is 14.0 Å². The van der Waals surface area contributed by atoms with Gasteiger partial charge in [0.15, 0.2) is 6.29 Å². The number of rotatable bonds is 6. The number of hydrogen-bond acceptors (Lipinski definition) is 3. The average molecular weight is 189 g/mol. The maximum Gasteiger partial charge on any atom is 0.153 e. The molecule has 0 saturated carbocycles. The second kappa shape index (κ2) is 6.35. The van der Waals surface area contributed by atoms with E-state index in [9.17, 15) is 0 Å². The van der Waals surface area contributed by atoms with Crippen molar-refractivity contribution in [1.29, 1.82) is 0 Å². The van der Waals surface area contributed by atoms with E-state index < -0.39 is 6.29 Å². The fourth-order valence-corrected chi connectivity index (χ4v) is 1.16. The zero-order valence-electron chi connectivity index (χ0n) is 9.45. The summed E-state index contributed by atoms with van der Waals surface area (Å²) >= 11 is 0. The first-order valence-electron chi connectivity index (χ1n) is 5.01.